The van der Waals surface area contributed by atoms with Crippen molar-refractivity contribution in [2.45, 2.75) is 20.3 Å². The van der Waals surface area contributed by atoms with Gasteiger partial charge in [0.15, 0.2) is 0 Å². The van der Waals surface area contributed by atoms with E-state index in [-0.39, 0.29) is 5.41 Å². The minimum Gasteiger partial charge on any atom is -0.391 e. The van der Waals surface area contributed by atoms with Crippen molar-refractivity contribution in [2.75, 3.05) is 7.05 Å². The Bertz CT molecular complexity index is 397. The molecule has 0 aromatic carbocycles. The molecule has 0 bridgehead atoms. The third-order valence-corrected chi connectivity index (χ3v) is 3.26. The van der Waals surface area contributed by atoms with E-state index in [9.17, 15) is 4.79 Å². The highest BCUT2D eigenvalue weighted by Crippen LogP contribution is 2.43. The summed E-state index contributed by atoms with van der Waals surface area (Å²) in [6, 6.07) is 0. The topological polar surface area (TPSA) is 29.1 Å². The average molecular weight is 217 g/mol. The fourth-order valence-corrected chi connectivity index (χ4v) is 2.31. The Kier molecular flexibility index (Phi) is 3.53. The van der Waals surface area contributed by atoms with Crippen LogP contribution in [0, 0.1) is 5.41 Å². The van der Waals surface area contributed by atoms with Gasteiger partial charge in [0.2, 0.25) is 0 Å². The van der Waals surface area contributed by atoms with Gasteiger partial charge in [-0.15, -0.1) is 0 Å². The maximum atomic E-state index is 11.2. The van der Waals surface area contributed by atoms with Crippen LogP contribution in [0.4, 0.5) is 0 Å². The molecule has 1 rings (SSSR count). The second-order valence-corrected chi connectivity index (χ2v) is 4.41. The largest absolute Gasteiger partial charge is 0.391 e. The first-order valence-corrected chi connectivity index (χ1v) is 5.38. The molecule has 0 saturated heterocycles. The summed E-state index contributed by atoms with van der Waals surface area (Å²) in [7, 11) is 1.84. The van der Waals surface area contributed by atoms with Gasteiger partial charge in [0, 0.05) is 30.2 Å². The lowest BCUT2D eigenvalue weighted by Crippen LogP contribution is -2.28. The molecule has 0 unspecified atom stereocenters. The minimum atomic E-state index is -0.302. The van der Waals surface area contributed by atoms with E-state index in [4.69, 9.17) is 0 Å². The van der Waals surface area contributed by atoms with Gasteiger partial charge in [0.25, 0.3) is 0 Å². The highest BCUT2D eigenvalue weighted by molar-refractivity contribution is 5.80. The Morgan fingerprint density at radius 2 is 1.88 bits per heavy atom. The number of hydrogen-bond acceptors (Lipinski definition) is 2. The van der Waals surface area contributed by atoms with Gasteiger partial charge in [-0.3, -0.25) is 4.79 Å². The molecule has 0 saturated carbocycles. The molecule has 0 radical (unpaired) electrons. The number of carbonyl (C=O) groups is 1. The normalized spacial score (nSPS) is 19.4. The lowest BCUT2D eigenvalue weighted by molar-refractivity contribution is -0.105. The molecule has 0 heterocycles. The summed E-state index contributed by atoms with van der Waals surface area (Å²) in [5, 5.41) is 3.10. The highest BCUT2D eigenvalue weighted by atomic mass is 16.1. The third kappa shape index (κ3) is 1.75. The number of carbonyl (C=O) groups excluding carboxylic acids is 1. The minimum absolute atomic E-state index is 0.302. The molecule has 2 nitrogen and oxygen atoms in total. The summed E-state index contributed by atoms with van der Waals surface area (Å²) in [5.74, 6) is 0. The van der Waals surface area contributed by atoms with Gasteiger partial charge in [-0.2, -0.15) is 0 Å². The van der Waals surface area contributed by atoms with Crippen molar-refractivity contribution >= 4 is 6.29 Å². The van der Waals surface area contributed by atoms with E-state index in [1.807, 2.05) is 33.0 Å². The first-order chi connectivity index (χ1) is 7.52. The monoisotopic (exact) mass is 217 g/mol. The first-order valence-electron chi connectivity index (χ1n) is 5.38. The van der Waals surface area contributed by atoms with Crippen LogP contribution in [-0.4, -0.2) is 13.3 Å². The molecule has 0 aromatic heterocycles. The van der Waals surface area contributed by atoms with Gasteiger partial charge in [0.05, 0.1) is 0 Å². The summed E-state index contributed by atoms with van der Waals surface area (Å²) < 4.78 is 0. The zero-order valence-corrected chi connectivity index (χ0v) is 10.3. The Balaban J connectivity index is 3.42. The van der Waals surface area contributed by atoms with Gasteiger partial charge >= 0.3 is 0 Å². The molecule has 0 fully saturated rings. The fourth-order valence-electron chi connectivity index (χ4n) is 2.31. The molecule has 0 amide bonds. The molecule has 1 N–H and O–H groups in total. The van der Waals surface area contributed by atoms with Gasteiger partial charge < -0.3 is 5.32 Å². The molecule has 0 spiro atoms. The maximum absolute atomic E-state index is 11.2. The summed E-state index contributed by atoms with van der Waals surface area (Å²) in [6.07, 6.45) is 5.33. The molecule has 0 aliphatic heterocycles. The molecule has 16 heavy (non-hydrogen) atoms. The molecule has 0 atom stereocenters. The maximum Gasteiger partial charge on any atom is 0.148 e. The highest BCUT2D eigenvalue weighted by Gasteiger charge is 2.34. The Morgan fingerprint density at radius 3 is 2.25 bits per heavy atom. The van der Waals surface area contributed by atoms with Crippen LogP contribution in [0.2, 0.25) is 0 Å². The predicted octanol–water partition coefficient (Wildman–Crippen LogP) is 2.76. The van der Waals surface area contributed by atoms with Crippen molar-refractivity contribution in [1.29, 1.82) is 0 Å². The summed E-state index contributed by atoms with van der Waals surface area (Å²) >= 11 is 0. The van der Waals surface area contributed by atoms with Crippen molar-refractivity contribution in [3.8, 4) is 0 Å². The zero-order chi connectivity index (χ0) is 12.3. The summed E-state index contributed by atoms with van der Waals surface area (Å²) in [4.78, 5) is 11.2. The quantitative estimate of drug-likeness (QED) is 0.734. The van der Waals surface area contributed by atoms with Crippen LogP contribution in [0.25, 0.3) is 0 Å². The Hall–Kier alpha value is -1.57. The van der Waals surface area contributed by atoms with Gasteiger partial charge in [-0.05, 0) is 11.1 Å². The second-order valence-electron chi connectivity index (χ2n) is 4.41. The van der Waals surface area contributed by atoms with Crippen molar-refractivity contribution in [3.63, 3.8) is 0 Å². The number of hydrogen-bond donors (Lipinski definition) is 1. The van der Waals surface area contributed by atoms with Crippen LogP contribution in [0.3, 0.4) is 0 Å². The van der Waals surface area contributed by atoms with E-state index in [0.29, 0.717) is 0 Å². The van der Waals surface area contributed by atoms with Crippen LogP contribution < -0.4 is 5.32 Å². The Morgan fingerprint density at radius 1 is 1.25 bits per heavy atom. The molecule has 1 aliphatic carbocycles. The van der Waals surface area contributed by atoms with Gasteiger partial charge in [0.1, 0.15) is 6.29 Å². The van der Waals surface area contributed by atoms with Crippen molar-refractivity contribution < 1.29 is 4.79 Å². The fraction of sp³-hybridized carbons (Fsp3) is 0.357. The van der Waals surface area contributed by atoms with Crippen LogP contribution in [0.15, 0.2) is 47.7 Å². The van der Waals surface area contributed by atoms with E-state index in [2.05, 4.69) is 18.5 Å². The summed E-state index contributed by atoms with van der Waals surface area (Å²) in [5.41, 5.74) is 3.69. The SMILES string of the molecule is C=CC1=C(C=C)C(C)(C)C(C=O)=C(NC)C1. The molecule has 86 valence electrons. The van der Waals surface area contributed by atoms with E-state index in [1.165, 1.54) is 0 Å². The standard InChI is InChI=1S/C14H19NO/c1-6-10-8-13(15-5)12(9-16)14(3,4)11(10)7-2/h6-7,9,15H,1-2,8H2,3-5H3. The summed E-state index contributed by atoms with van der Waals surface area (Å²) in [6.45, 7) is 11.7. The van der Waals surface area contributed by atoms with Crippen molar-refractivity contribution in [1.82, 2.24) is 5.32 Å². The predicted molar refractivity (Wildman–Crippen MR) is 68.0 cm³/mol. The van der Waals surface area contributed by atoms with E-state index in [1.54, 1.807) is 0 Å². The second kappa shape index (κ2) is 4.52. The third-order valence-electron chi connectivity index (χ3n) is 3.26. The van der Waals surface area contributed by atoms with E-state index in [0.717, 1.165) is 35.1 Å². The van der Waals surface area contributed by atoms with E-state index >= 15 is 0 Å². The smallest absolute Gasteiger partial charge is 0.148 e. The molecule has 2 heteroatoms. The number of aldehydes is 1. The van der Waals surface area contributed by atoms with Gasteiger partial charge in [-0.1, -0.05) is 39.2 Å². The van der Waals surface area contributed by atoms with Crippen molar-refractivity contribution in [3.05, 3.63) is 47.7 Å². The Labute approximate surface area is 97.4 Å². The molecule has 0 aromatic rings. The molecular formula is C14H19NO. The van der Waals surface area contributed by atoms with Gasteiger partial charge in [-0.25, -0.2) is 0 Å². The van der Waals surface area contributed by atoms with E-state index < -0.39 is 0 Å². The lowest BCUT2D eigenvalue weighted by atomic mass is 9.70. The molecular weight excluding hydrogens is 198 g/mol. The number of nitrogens with one attached hydrogen (secondary N) is 1. The van der Waals surface area contributed by atoms with Crippen LogP contribution in [0.5, 0.6) is 0 Å². The van der Waals surface area contributed by atoms with Crippen molar-refractivity contribution in [2.24, 2.45) is 5.41 Å². The van der Waals surface area contributed by atoms with Crippen LogP contribution in [-0.2, 0) is 4.79 Å². The number of allylic oxidation sites excluding steroid dienone is 5. The lowest BCUT2D eigenvalue weighted by Gasteiger charge is -2.35. The average Bonchev–Trinajstić information content (AvgIpc) is 2.26. The zero-order valence-electron chi connectivity index (χ0n) is 10.3. The molecule has 1 aliphatic rings. The van der Waals surface area contributed by atoms with Crippen LogP contribution >= 0.6 is 0 Å². The first kappa shape index (κ1) is 12.5. The van der Waals surface area contributed by atoms with Crippen LogP contribution in [0.1, 0.15) is 20.3 Å². The number of rotatable bonds is 4.